The second-order valence-corrected chi connectivity index (χ2v) is 7.34. The highest BCUT2D eigenvalue weighted by Gasteiger charge is 2.16. The number of anilines is 3. The molecular formula is C19H27N5O2S. The highest BCUT2D eigenvalue weighted by Crippen LogP contribution is 2.27. The van der Waals surface area contributed by atoms with E-state index in [2.05, 4.69) is 21.9 Å². The summed E-state index contributed by atoms with van der Waals surface area (Å²) >= 11 is 1.30. The van der Waals surface area contributed by atoms with E-state index < -0.39 is 17.9 Å². The largest absolute Gasteiger partial charge is 0.374 e. The van der Waals surface area contributed by atoms with Crippen LogP contribution in [0.2, 0.25) is 0 Å². The summed E-state index contributed by atoms with van der Waals surface area (Å²) in [7, 11) is 0. The lowest BCUT2D eigenvalue weighted by Gasteiger charge is -2.18. The van der Waals surface area contributed by atoms with Gasteiger partial charge in [0.2, 0.25) is 5.91 Å². The van der Waals surface area contributed by atoms with Crippen molar-refractivity contribution < 1.29 is 9.59 Å². The molecule has 0 aliphatic rings. The van der Waals surface area contributed by atoms with Crippen molar-refractivity contribution in [3.05, 3.63) is 35.5 Å². The van der Waals surface area contributed by atoms with Crippen LogP contribution in [0.4, 0.5) is 16.4 Å². The van der Waals surface area contributed by atoms with Crippen molar-refractivity contribution in [3.8, 4) is 0 Å². The van der Waals surface area contributed by atoms with E-state index in [0.717, 1.165) is 36.4 Å². The van der Waals surface area contributed by atoms with Gasteiger partial charge in [-0.25, -0.2) is 0 Å². The predicted molar refractivity (Wildman–Crippen MR) is 110 cm³/mol. The Morgan fingerprint density at radius 1 is 1.19 bits per heavy atom. The second-order valence-electron chi connectivity index (χ2n) is 6.53. The molecule has 0 spiro atoms. The number of hydrogen-bond acceptors (Lipinski definition) is 6. The molecule has 27 heavy (non-hydrogen) atoms. The van der Waals surface area contributed by atoms with Crippen LogP contribution in [-0.2, 0) is 4.79 Å². The van der Waals surface area contributed by atoms with Gasteiger partial charge in [0.25, 0.3) is 5.91 Å². The number of carbonyl (C=O) groups excluding carboxylic acids is 2. The van der Waals surface area contributed by atoms with Crippen molar-refractivity contribution in [3.63, 3.8) is 0 Å². The number of unbranched alkanes of at least 4 members (excludes halogenated alkanes) is 3. The van der Waals surface area contributed by atoms with E-state index in [1.807, 2.05) is 13.0 Å². The molecule has 0 saturated heterocycles. The Morgan fingerprint density at radius 2 is 1.96 bits per heavy atom. The van der Waals surface area contributed by atoms with Crippen LogP contribution in [0.1, 0.15) is 55.1 Å². The van der Waals surface area contributed by atoms with Crippen LogP contribution in [0.25, 0.3) is 0 Å². The van der Waals surface area contributed by atoms with Gasteiger partial charge in [-0.1, -0.05) is 32.6 Å². The first-order chi connectivity index (χ1) is 12.9. The molecule has 0 unspecified atom stereocenters. The van der Waals surface area contributed by atoms with Crippen LogP contribution < -0.4 is 22.1 Å². The Hall–Kier alpha value is -2.61. The van der Waals surface area contributed by atoms with Gasteiger partial charge in [0.05, 0.1) is 16.9 Å². The molecule has 0 bridgehead atoms. The molecule has 6 N–H and O–H groups in total. The van der Waals surface area contributed by atoms with Crippen molar-refractivity contribution in [2.75, 3.05) is 10.6 Å². The van der Waals surface area contributed by atoms with Gasteiger partial charge >= 0.3 is 0 Å². The third-order valence-corrected chi connectivity index (χ3v) is 5.00. The SMILES string of the molecule is CCCCCC[C@@H](Nc1ccc(C(N)=O)c(Nc2cc(C)ns2)c1)C(N)=O. The van der Waals surface area contributed by atoms with Gasteiger partial charge in [0, 0.05) is 5.69 Å². The molecule has 2 aromatic rings. The Balaban J connectivity index is 2.16. The highest BCUT2D eigenvalue weighted by molar-refractivity contribution is 7.10. The number of nitrogens with two attached hydrogens (primary N) is 2. The predicted octanol–water partition coefficient (Wildman–Crippen LogP) is 3.53. The van der Waals surface area contributed by atoms with Crippen LogP contribution in [0, 0.1) is 6.92 Å². The van der Waals surface area contributed by atoms with Crippen LogP contribution in [-0.4, -0.2) is 22.2 Å². The number of hydrogen-bond donors (Lipinski definition) is 4. The van der Waals surface area contributed by atoms with Gasteiger partial charge in [-0.2, -0.15) is 4.37 Å². The van der Waals surface area contributed by atoms with E-state index >= 15 is 0 Å². The first-order valence-electron chi connectivity index (χ1n) is 9.10. The summed E-state index contributed by atoms with van der Waals surface area (Å²) in [4.78, 5) is 23.5. The van der Waals surface area contributed by atoms with Crippen LogP contribution in [0.5, 0.6) is 0 Å². The van der Waals surface area contributed by atoms with E-state index in [9.17, 15) is 9.59 Å². The van der Waals surface area contributed by atoms with E-state index in [-0.39, 0.29) is 0 Å². The zero-order valence-electron chi connectivity index (χ0n) is 15.7. The summed E-state index contributed by atoms with van der Waals surface area (Å²) in [6.45, 7) is 4.04. The highest BCUT2D eigenvalue weighted by atomic mass is 32.1. The third kappa shape index (κ3) is 6.25. The number of primary amides is 2. The molecule has 146 valence electrons. The molecular weight excluding hydrogens is 362 g/mol. The summed E-state index contributed by atoms with van der Waals surface area (Å²) in [5.74, 6) is -0.922. The molecule has 8 heteroatoms. The fourth-order valence-corrected chi connectivity index (χ4v) is 3.44. The minimum Gasteiger partial charge on any atom is -0.374 e. The molecule has 0 aliphatic heterocycles. The zero-order valence-corrected chi connectivity index (χ0v) is 16.6. The molecule has 0 fully saturated rings. The lowest BCUT2D eigenvalue weighted by molar-refractivity contribution is -0.118. The number of nitrogens with one attached hydrogen (secondary N) is 2. The summed E-state index contributed by atoms with van der Waals surface area (Å²) in [5.41, 5.74) is 13.5. The number of aromatic nitrogens is 1. The lowest BCUT2D eigenvalue weighted by atomic mass is 10.1. The topological polar surface area (TPSA) is 123 Å². The Labute approximate surface area is 163 Å². The normalized spacial score (nSPS) is 11.8. The van der Waals surface area contributed by atoms with Gasteiger partial charge in [-0.3, -0.25) is 9.59 Å². The van der Waals surface area contributed by atoms with E-state index in [0.29, 0.717) is 23.4 Å². The summed E-state index contributed by atoms with van der Waals surface area (Å²) < 4.78 is 4.22. The quantitative estimate of drug-likeness (QED) is 0.438. The molecule has 2 rings (SSSR count). The van der Waals surface area contributed by atoms with E-state index in [1.165, 1.54) is 11.5 Å². The van der Waals surface area contributed by atoms with Crippen LogP contribution in [0.3, 0.4) is 0 Å². The standard InChI is InChI=1S/C19H27N5O2S/c1-3-4-5-6-7-15(19(21)26)22-13-8-9-14(18(20)25)16(11-13)23-17-10-12(2)24-27-17/h8-11,15,22-23H,3-7H2,1-2H3,(H2,20,25)(H2,21,26)/t15-/m1/s1. The van der Waals surface area contributed by atoms with Crippen LogP contribution in [0.15, 0.2) is 24.3 Å². The van der Waals surface area contributed by atoms with Gasteiger partial charge < -0.3 is 22.1 Å². The van der Waals surface area contributed by atoms with E-state index in [4.69, 9.17) is 11.5 Å². The molecule has 1 heterocycles. The summed E-state index contributed by atoms with van der Waals surface area (Å²) in [6.07, 6.45) is 4.94. The number of nitrogens with zero attached hydrogens (tertiary/aromatic N) is 1. The van der Waals surface area contributed by atoms with Crippen molar-refractivity contribution in [2.45, 2.75) is 52.0 Å². The third-order valence-electron chi connectivity index (χ3n) is 4.20. The van der Waals surface area contributed by atoms with Crippen molar-refractivity contribution >= 4 is 39.7 Å². The molecule has 1 atom stereocenters. The first-order valence-corrected chi connectivity index (χ1v) is 9.88. The minimum absolute atomic E-state index is 0.366. The average Bonchev–Trinajstić information content (AvgIpc) is 3.02. The van der Waals surface area contributed by atoms with Gasteiger partial charge in [0.15, 0.2) is 0 Å². The smallest absolute Gasteiger partial charge is 0.250 e. The molecule has 0 aliphatic carbocycles. The number of benzene rings is 1. The first kappa shape index (κ1) is 20.7. The molecule has 2 amide bonds. The maximum atomic E-state index is 11.8. The molecule has 0 saturated carbocycles. The van der Waals surface area contributed by atoms with Gasteiger partial charge in [0.1, 0.15) is 11.0 Å². The van der Waals surface area contributed by atoms with Gasteiger partial charge in [-0.15, -0.1) is 0 Å². The number of aryl methyl sites for hydroxylation is 1. The van der Waals surface area contributed by atoms with Crippen LogP contribution >= 0.6 is 11.5 Å². The maximum Gasteiger partial charge on any atom is 0.250 e. The Bertz CT molecular complexity index is 790. The number of amides is 2. The Kier molecular flexibility index (Phi) is 7.60. The summed E-state index contributed by atoms with van der Waals surface area (Å²) in [6, 6.07) is 6.55. The number of carbonyl (C=O) groups is 2. The number of rotatable bonds is 11. The van der Waals surface area contributed by atoms with E-state index in [1.54, 1.807) is 18.2 Å². The van der Waals surface area contributed by atoms with Crippen molar-refractivity contribution in [2.24, 2.45) is 11.5 Å². The average molecular weight is 390 g/mol. The van der Waals surface area contributed by atoms with Crippen molar-refractivity contribution in [1.29, 1.82) is 0 Å². The zero-order chi connectivity index (χ0) is 19.8. The molecule has 7 nitrogen and oxygen atoms in total. The maximum absolute atomic E-state index is 11.8. The molecule has 1 aromatic heterocycles. The fourth-order valence-electron chi connectivity index (χ4n) is 2.77. The fraction of sp³-hybridized carbons (Fsp3) is 0.421. The molecule has 1 aromatic carbocycles. The van der Waals surface area contributed by atoms with Gasteiger partial charge in [-0.05, 0) is 49.1 Å². The Morgan fingerprint density at radius 3 is 2.56 bits per heavy atom. The minimum atomic E-state index is -0.531. The monoisotopic (exact) mass is 389 g/mol. The second kappa shape index (κ2) is 9.91. The molecule has 0 radical (unpaired) electrons. The lowest BCUT2D eigenvalue weighted by Crippen LogP contribution is -2.35. The summed E-state index contributed by atoms with van der Waals surface area (Å²) in [5, 5.41) is 7.15. The van der Waals surface area contributed by atoms with Crippen molar-refractivity contribution in [1.82, 2.24) is 4.37 Å².